The lowest BCUT2D eigenvalue weighted by Gasteiger charge is -2.15. The zero-order chi connectivity index (χ0) is 16.5. The summed E-state index contributed by atoms with van der Waals surface area (Å²) in [4.78, 5) is 18.6. The third-order valence-corrected chi connectivity index (χ3v) is 4.56. The van der Waals surface area contributed by atoms with Gasteiger partial charge in [0, 0.05) is 28.7 Å². The number of carbonyl (C=O) groups excluding carboxylic acids is 1. The number of benzene rings is 2. The lowest BCUT2D eigenvalue weighted by Crippen LogP contribution is -2.24. The number of anilines is 1. The van der Waals surface area contributed by atoms with Crippen molar-refractivity contribution in [3.8, 4) is 11.4 Å². The smallest absolute Gasteiger partial charge is 0.232 e. The van der Waals surface area contributed by atoms with E-state index >= 15 is 0 Å². The van der Waals surface area contributed by atoms with E-state index in [0.717, 1.165) is 15.7 Å². The second-order valence-electron chi connectivity index (χ2n) is 5.71. The van der Waals surface area contributed by atoms with Crippen LogP contribution in [0.25, 0.3) is 11.4 Å². The zero-order valence-electron chi connectivity index (χ0n) is 12.7. The van der Waals surface area contributed by atoms with Crippen LogP contribution in [0.5, 0.6) is 0 Å². The minimum atomic E-state index is -0.0777. The maximum Gasteiger partial charge on any atom is 0.232 e. The summed E-state index contributed by atoms with van der Waals surface area (Å²) in [5.74, 6) is 1.05. The molecule has 120 valence electrons. The van der Waals surface area contributed by atoms with Crippen LogP contribution in [0.2, 0.25) is 0 Å². The van der Waals surface area contributed by atoms with Gasteiger partial charge in [0.2, 0.25) is 17.6 Å². The van der Waals surface area contributed by atoms with E-state index in [4.69, 9.17) is 4.52 Å². The number of amides is 1. The molecular weight excluding hydrogens is 370 g/mol. The van der Waals surface area contributed by atoms with Crippen LogP contribution in [0.3, 0.4) is 0 Å². The number of halogens is 1. The Balaban J connectivity index is 1.57. The molecular formula is C18H14BrN3O2. The summed E-state index contributed by atoms with van der Waals surface area (Å²) in [5, 5.41) is 4.06. The number of rotatable bonds is 3. The molecule has 1 aliphatic rings. The molecule has 1 unspecified atom stereocenters. The fourth-order valence-electron chi connectivity index (χ4n) is 2.88. The Bertz CT molecular complexity index is 879. The molecule has 1 aliphatic heterocycles. The molecule has 1 saturated heterocycles. The van der Waals surface area contributed by atoms with Crippen molar-refractivity contribution in [2.24, 2.45) is 0 Å². The molecule has 1 aromatic heterocycles. The number of para-hydroxylation sites is 1. The van der Waals surface area contributed by atoms with Gasteiger partial charge >= 0.3 is 0 Å². The maximum atomic E-state index is 12.3. The SMILES string of the molecule is O=C1CC(c2nc(-c3cccc(Br)c3)no2)CN1c1ccccc1. The summed E-state index contributed by atoms with van der Waals surface area (Å²) in [6.45, 7) is 0.558. The molecule has 0 spiro atoms. The van der Waals surface area contributed by atoms with Crippen molar-refractivity contribution in [1.29, 1.82) is 0 Å². The molecule has 0 N–H and O–H groups in total. The summed E-state index contributed by atoms with van der Waals surface area (Å²) in [5.41, 5.74) is 1.78. The summed E-state index contributed by atoms with van der Waals surface area (Å²) in [7, 11) is 0. The van der Waals surface area contributed by atoms with E-state index < -0.39 is 0 Å². The van der Waals surface area contributed by atoms with Crippen LogP contribution in [0.4, 0.5) is 5.69 Å². The van der Waals surface area contributed by atoms with E-state index in [9.17, 15) is 4.79 Å². The van der Waals surface area contributed by atoms with Gasteiger partial charge in [-0.05, 0) is 24.3 Å². The summed E-state index contributed by atoms with van der Waals surface area (Å²) < 4.78 is 6.38. The first-order valence-electron chi connectivity index (χ1n) is 7.65. The van der Waals surface area contributed by atoms with Gasteiger partial charge in [0.15, 0.2) is 0 Å². The summed E-state index contributed by atoms with van der Waals surface area (Å²) in [6.07, 6.45) is 0.384. The second kappa shape index (κ2) is 6.20. The van der Waals surface area contributed by atoms with Gasteiger partial charge in [0.05, 0.1) is 5.92 Å². The first-order chi connectivity index (χ1) is 11.7. The molecule has 6 heteroatoms. The van der Waals surface area contributed by atoms with Crippen LogP contribution in [0.1, 0.15) is 18.2 Å². The number of carbonyl (C=O) groups is 1. The average molecular weight is 384 g/mol. The Hall–Kier alpha value is -2.47. The quantitative estimate of drug-likeness (QED) is 0.685. The van der Waals surface area contributed by atoms with Crippen LogP contribution in [0.15, 0.2) is 63.6 Å². The Morgan fingerprint density at radius 3 is 2.75 bits per heavy atom. The maximum absolute atomic E-state index is 12.3. The zero-order valence-corrected chi connectivity index (χ0v) is 14.3. The molecule has 0 aliphatic carbocycles. The molecule has 3 aromatic rings. The summed E-state index contributed by atoms with van der Waals surface area (Å²) >= 11 is 3.44. The fraction of sp³-hybridized carbons (Fsp3) is 0.167. The third-order valence-electron chi connectivity index (χ3n) is 4.07. The fourth-order valence-corrected chi connectivity index (χ4v) is 3.28. The van der Waals surface area contributed by atoms with Crippen molar-refractivity contribution in [2.45, 2.75) is 12.3 Å². The normalized spacial score (nSPS) is 17.5. The number of nitrogens with zero attached hydrogens (tertiary/aromatic N) is 3. The number of aromatic nitrogens is 2. The van der Waals surface area contributed by atoms with Crippen LogP contribution in [-0.4, -0.2) is 22.6 Å². The first-order valence-corrected chi connectivity index (χ1v) is 8.45. The highest BCUT2D eigenvalue weighted by Gasteiger charge is 2.35. The van der Waals surface area contributed by atoms with E-state index in [2.05, 4.69) is 26.1 Å². The van der Waals surface area contributed by atoms with Crippen molar-refractivity contribution < 1.29 is 9.32 Å². The van der Waals surface area contributed by atoms with Crippen molar-refractivity contribution in [3.63, 3.8) is 0 Å². The monoisotopic (exact) mass is 383 g/mol. The van der Waals surface area contributed by atoms with Crippen molar-refractivity contribution in [2.75, 3.05) is 11.4 Å². The molecule has 1 fully saturated rings. The van der Waals surface area contributed by atoms with Crippen LogP contribution in [0, 0.1) is 0 Å². The Morgan fingerprint density at radius 1 is 1.12 bits per heavy atom. The molecule has 2 aromatic carbocycles. The lowest BCUT2D eigenvalue weighted by molar-refractivity contribution is -0.117. The number of hydrogen-bond acceptors (Lipinski definition) is 4. The first kappa shape index (κ1) is 15.1. The standard InChI is InChI=1S/C18H14BrN3O2/c19-14-6-4-5-12(9-14)17-20-18(24-21-17)13-10-16(23)22(11-13)15-7-2-1-3-8-15/h1-9,13H,10-11H2. The highest BCUT2D eigenvalue weighted by Crippen LogP contribution is 2.32. The van der Waals surface area contributed by atoms with Gasteiger partial charge in [-0.1, -0.05) is 51.4 Å². The second-order valence-corrected chi connectivity index (χ2v) is 6.62. The number of hydrogen-bond donors (Lipinski definition) is 0. The van der Waals surface area contributed by atoms with E-state index in [1.54, 1.807) is 4.90 Å². The van der Waals surface area contributed by atoms with Crippen molar-refractivity contribution in [3.05, 3.63) is 65.0 Å². The highest BCUT2D eigenvalue weighted by molar-refractivity contribution is 9.10. The van der Waals surface area contributed by atoms with Gasteiger partial charge < -0.3 is 9.42 Å². The van der Waals surface area contributed by atoms with Crippen LogP contribution >= 0.6 is 15.9 Å². The molecule has 4 rings (SSSR count). The molecule has 0 saturated carbocycles. The molecule has 0 bridgehead atoms. The largest absolute Gasteiger partial charge is 0.339 e. The van der Waals surface area contributed by atoms with E-state index in [0.29, 0.717) is 24.7 Å². The molecule has 2 heterocycles. The van der Waals surface area contributed by atoms with E-state index in [-0.39, 0.29) is 11.8 Å². The Morgan fingerprint density at radius 2 is 1.96 bits per heavy atom. The van der Waals surface area contributed by atoms with Gasteiger partial charge in [-0.25, -0.2) is 0 Å². The third kappa shape index (κ3) is 2.85. The van der Waals surface area contributed by atoms with Crippen LogP contribution in [-0.2, 0) is 4.79 Å². The van der Waals surface area contributed by atoms with Gasteiger partial charge in [-0.3, -0.25) is 4.79 Å². The predicted octanol–water partition coefficient (Wildman–Crippen LogP) is 4.02. The molecule has 1 amide bonds. The van der Waals surface area contributed by atoms with Crippen LogP contribution < -0.4 is 4.90 Å². The predicted molar refractivity (Wildman–Crippen MR) is 93.6 cm³/mol. The summed E-state index contributed by atoms with van der Waals surface area (Å²) in [6, 6.07) is 17.4. The lowest BCUT2D eigenvalue weighted by atomic mass is 10.1. The average Bonchev–Trinajstić information content (AvgIpc) is 3.22. The van der Waals surface area contributed by atoms with Gasteiger partial charge in [0.1, 0.15) is 0 Å². The van der Waals surface area contributed by atoms with Gasteiger partial charge in [-0.15, -0.1) is 0 Å². The topological polar surface area (TPSA) is 59.2 Å². The van der Waals surface area contributed by atoms with Gasteiger partial charge in [-0.2, -0.15) is 4.98 Å². The molecule has 24 heavy (non-hydrogen) atoms. The molecule has 1 atom stereocenters. The minimum Gasteiger partial charge on any atom is -0.339 e. The van der Waals surface area contributed by atoms with Crippen molar-refractivity contribution in [1.82, 2.24) is 10.1 Å². The van der Waals surface area contributed by atoms with E-state index in [1.165, 1.54) is 0 Å². The Kier molecular flexibility index (Phi) is 3.90. The molecule has 5 nitrogen and oxygen atoms in total. The molecule has 0 radical (unpaired) electrons. The van der Waals surface area contributed by atoms with Crippen molar-refractivity contribution >= 4 is 27.5 Å². The van der Waals surface area contributed by atoms with Gasteiger partial charge in [0.25, 0.3) is 0 Å². The Labute approximate surface area is 147 Å². The van der Waals surface area contributed by atoms with E-state index in [1.807, 2.05) is 54.6 Å². The highest BCUT2D eigenvalue weighted by atomic mass is 79.9. The minimum absolute atomic E-state index is 0.0772.